The zero-order valence-electron chi connectivity index (χ0n) is 9.85. The number of furan rings is 1. The third-order valence-electron chi connectivity index (χ3n) is 3.46. The molecule has 1 fully saturated rings. The van der Waals surface area contributed by atoms with Crippen LogP contribution in [0, 0.1) is 12.8 Å². The van der Waals surface area contributed by atoms with Gasteiger partial charge < -0.3 is 14.3 Å². The molecule has 0 amide bonds. The molecule has 1 aromatic carbocycles. The molecule has 0 saturated carbocycles. The summed E-state index contributed by atoms with van der Waals surface area (Å²) in [7, 11) is 0. The molecule has 2 heterocycles. The van der Waals surface area contributed by atoms with E-state index in [0.29, 0.717) is 12.4 Å². The van der Waals surface area contributed by atoms with E-state index >= 15 is 0 Å². The molecule has 3 nitrogen and oxygen atoms in total. The van der Waals surface area contributed by atoms with Gasteiger partial charge in [-0.2, -0.15) is 0 Å². The fourth-order valence-electron chi connectivity index (χ4n) is 2.41. The van der Waals surface area contributed by atoms with Crippen molar-refractivity contribution in [2.24, 2.45) is 5.92 Å². The Morgan fingerprint density at radius 1 is 1.41 bits per heavy atom. The van der Waals surface area contributed by atoms with Gasteiger partial charge in [-0.15, -0.1) is 0 Å². The van der Waals surface area contributed by atoms with Gasteiger partial charge in [0.05, 0.1) is 6.61 Å². The highest BCUT2D eigenvalue weighted by atomic mass is 16.5. The smallest absolute Gasteiger partial charge is 0.137 e. The van der Waals surface area contributed by atoms with Crippen molar-refractivity contribution >= 4 is 11.0 Å². The maximum absolute atomic E-state index is 10.2. The van der Waals surface area contributed by atoms with Crippen molar-refractivity contribution in [3.05, 3.63) is 35.6 Å². The van der Waals surface area contributed by atoms with E-state index < -0.39 is 6.10 Å². The van der Waals surface area contributed by atoms with E-state index in [1.165, 1.54) is 0 Å². The topological polar surface area (TPSA) is 42.6 Å². The number of aliphatic hydroxyl groups excluding tert-OH is 1. The average molecular weight is 232 g/mol. The number of fused-ring (bicyclic) bond motifs is 1. The molecule has 90 valence electrons. The number of para-hydroxylation sites is 1. The highest BCUT2D eigenvalue weighted by molar-refractivity contribution is 5.80. The van der Waals surface area contributed by atoms with Crippen LogP contribution in [0.1, 0.15) is 23.8 Å². The summed E-state index contributed by atoms with van der Waals surface area (Å²) >= 11 is 0. The van der Waals surface area contributed by atoms with Crippen LogP contribution in [0.3, 0.4) is 0 Å². The third-order valence-corrected chi connectivity index (χ3v) is 3.46. The first kappa shape index (κ1) is 10.8. The van der Waals surface area contributed by atoms with Gasteiger partial charge in [0.1, 0.15) is 17.4 Å². The van der Waals surface area contributed by atoms with Gasteiger partial charge in [0.25, 0.3) is 0 Å². The first-order chi connectivity index (χ1) is 8.25. The second kappa shape index (κ2) is 4.17. The summed E-state index contributed by atoms with van der Waals surface area (Å²) in [5, 5.41) is 11.3. The Balaban J connectivity index is 1.97. The predicted octanol–water partition coefficient (Wildman–Crippen LogP) is 2.81. The van der Waals surface area contributed by atoms with E-state index in [1.54, 1.807) is 0 Å². The molecule has 3 heteroatoms. The van der Waals surface area contributed by atoms with E-state index in [0.717, 1.165) is 29.6 Å². The molecule has 0 spiro atoms. The molecule has 17 heavy (non-hydrogen) atoms. The maximum Gasteiger partial charge on any atom is 0.137 e. The Hall–Kier alpha value is -1.32. The zero-order valence-corrected chi connectivity index (χ0v) is 9.85. The third kappa shape index (κ3) is 1.85. The Kier molecular flexibility index (Phi) is 2.65. The molecule has 2 unspecified atom stereocenters. The van der Waals surface area contributed by atoms with E-state index in [2.05, 4.69) is 0 Å². The fourth-order valence-corrected chi connectivity index (χ4v) is 2.41. The largest absolute Gasteiger partial charge is 0.458 e. The molecule has 0 bridgehead atoms. The molecule has 1 aliphatic rings. The van der Waals surface area contributed by atoms with Crippen LogP contribution in [0.4, 0.5) is 0 Å². The van der Waals surface area contributed by atoms with Crippen LogP contribution in [-0.2, 0) is 4.74 Å². The minimum atomic E-state index is -0.552. The van der Waals surface area contributed by atoms with E-state index in [-0.39, 0.29) is 5.92 Å². The highest BCUT2D eigenvalue weighted by Gasteiger charge is 2.27. The summed E-state index contributed by atoms with van der Waals surface area (Å²) in [5.74, 6) is 0.820. The van der Waals surface area contributed by atoms with Crippen molar-refractivity contribution in [1.29, 1.82) is 0 Å². The molecule has 0 aliphatic carbocycles. The first-order valence-electron chi connectivity index (χ1n) is 6.00. The van der Waals surface area contributed by atoms with E-state index in [9.17, 15) is 5.11 Å². The second-order valence-corrected chi connectivity index (χ2v) is 4.71. The van der Waals surface area contributed by atoms with Gasteiger partial charge in [-0.25, -0.2) is 0 Å². The quantitative estimate of drug-likeness (QED) is 0.865. The lowest BCUT2D eigenvalue weighted by atomic mass is 10.00. The van der Waals surface area contributed by atoms with Gasteiger partial charge in [0.2, 0.25) is 0 Å². The van der Waals surface area contributed by atoms with Crippen molar-refractivity contribution < 1.29 is 14.3 Å². The van der Waals surface area contributed by atoms with Crippen molar-refractivity contribution in [1.82, 2.24) is 0 Å². The molecule has 1 aromatic heterocycles. The van der Waals surface area contributed by atoms with Gasteiger partial charge in [-0.3, -0.25) is 0 Å². The number of aliphatic hydroxyl groups is 1. The van der Waals surface area contributed by atoms with Crippen LogP contribution in [0.15, 0.2) is 28.7 Å². The fraction of sp³-hybridized carbons (Fsp3) is 0.429. The van der Waals surface area contributed by atoms with Gasteiger partial charge in [-0.05, 0) is 25.0 Å². The molecular weight excluding hydrogens is 216 g/mol. The number of rotatable bonds is 2. The number of benzene rings is 1. The van der Waals surface area contributed by atoms with Crippen LogP contribution in [0.2, 0.25) is 0 Å². The number of ether oxygens (including phenoxy) is 1. The van der Waals surface area contributed by atoms with Crippen LogP contribution in [-0.4, -0.2) is 18.3 Å². The van der Waals surface area contributed by atoms with Crippen molar-refractivity contribution in [3.8, 4) is 0 Å². The Labute approximate surface area is 100.0 Å². The summed E-state index contributed by atoms with van der Waals surface area (Å²) in [4.78, 5) is 0. The highest BCUT2D eigenvalue weighted by Crippen LogP contribution is 2.33. The molecule has 0 radical (unpaired) electrons. The van der Waals surface area contributed by atoms with Gasteiger partial charge >= 0.3 is 0 Å². The van der Waals surface area contributed by atoms with Crippen LogP contribution < -0.4 is 0 Å². The minimum Gasteiger partial charge on any atom is -0.458 e. The van der Waals surface area contributed by atoms with Gasteiger partial charge in [0.15, 0.2) is 0 Å². The van der Waals surface area contributed by atoms with Crippen LogP contribution >= 0.6 is 0 Å². The molecular formula is C14H16O3. The van der Waals surface area contributed by atoms with E-state index in [4.69, 9.17) is 9.15 Å². The lowest BCUT2D eigenvalue weighted by Crippen LogP contribution is -2.11. The summed E-state index contributed by atoms with van der Waals surface area (Å²) < 4.78 is 11.1. The Bertz CT molecular complexity index is 523. The Morgan fingerprint density at radius 2 is 2.29 bits per heavy atom. The second-order valence-electron chi connectivity index (χ2n) is 4.71. The number of hydrogen-bond donors (Lipinski definition) is 1. The average Bonchev–Trinajstić information content (AvgIpc) is 2.98. The molecule has 1 N–H and O–H groups in total. The first-order valence-corrected chi connectivity index (χ1v) is 6.00. The summed E-state index contributed by atoms with van der Waals surface area (Å²) in [6.07, 6.45) is 0.348. The van der Waals surface area contributed by atoms with Crippen molar-refractivity contribution in [2.45, 2.75) is 19.4 Å². The zero-order chi connectivity index (χ0) is 11.8. The predicted molar refractivity (Wildman–Crippen MR) is 64.8 cm³/mol. The molecule has 1 saturated heterocycles. The summed E-state index contributed by atoms with van der Waals surface area (Å²) in [5.41, 5.74) is 1.98. The molecule has 2 atom stereocenters. The van der Waals surface area contributed by atoms with E-state index in [1.807, 2.05) is 31.2 Å². The van der Waals surface area contributed by atoms with Crippen LogP contribution in [0.25, 0.3) is 11.0 Å². The van der Waals surface area contributed by atoms with Crippen LogP contribution in [0.5, 0.6) is 0 Å². The van der Waals surface area contributed by atoms with Gasteiger partial charge in [0, 0.05) is 17.9 Å². The standard InChI is InChI=1S/C14H16O3/c1-9-3-2-4-10-7-12(17-14(9)10)13(15)11-5-6-16-8-11/h2-4,7,11,13,15H,5-6,8H2,1H3. The molecule has 2 aromatic rings. The minimum absolute atomic E-state index is 0.163. The van der Waals surface area contributed by atoms with Crippen molar-refractivity contribution in [3.63, 3.8) is 0 Å². The summed E-state index contributed by atoms with van der Waals surface area (Å²) in [6, 6.07) is 7.96. The maximum atomic E-state index is 10.2. The lowest BCUT2D eigenvalue weighted by Gasteiger charge is -2.13. The molecule has 1 aliphatic heterocycles. The Morgan fingerprint density at radius 3 is 3.00 bits per heavy atom. The number of hydrogen-bond acceptors (Lipinski definition) is 3. The van der Waals surface area contributed by atoms with Gasteiger partial charge in [-0.1, -0.05) is 18.2 Å². The molecule has 3 rings (SSSR count). The lowest BCUT2D eigenvalue weighted by molar-refractivity contribution is 0.0753. The summed E-state index contributed by atoms with van der Waals surface area (Å²) in [6.45, 7) is 3.37. The van der Waals surface area contributed by atoms with Crippen molar-refractivity contribution in [2.75, 3.05) is 13.2 Å². The SMILES string of the molecule is Cc1cccc2cc(C(O)C3CCOC3)oc12. The monoisotopic (exact) mass is 232 g/mol. The number of aryl methyl sites for hydroxylation is 1. The normalized spacial score (nSPS) is 22.1.